The van der Waals surface area contributed by atoms with Crippen molar-refractivity contribution < 1.29 is 0 Å². The van der Waals surface area contributed by atoms with Gasteiger partial charge in [0.1, 0.15) is 6.33 Å². The minimum absolute atomic E-state index is 0.0237. The summed E-state index contributed by atoms with van der Waals surface area (Å²) in [7, 11) is 0. The maximum atomic E-state index is 12.4. The van der Waals surface area contributed by atoms with E-state index in [-0.39, 0.29) is 11.1 Å². The molecule has 5 heteroatoms. The molecule has 19 heavy (non-hydrogen) atoms. The molecule has 2 bridgehead atoms. The number of fused-ring (bicyclic) bond motifs is 4. The molecule has 5 heterocycles. The predicted octanol–water partition coefficient (Wildman–Crippen LogP) is 0.986. The molecule has 5 nitrogen and oxygen atoms in total. The highest BCUT2D eigenvalue weighted by atomic mass is 16.1. The fraction of sp³-hybridized carbons (Fsp3) is 0.500. The van der Waals surface area contributed by atoms with E-state index in [1.165, 1.54) is 6.33 Å². The summed E-state index contributed by atoms with van der Waals surface area (Å²) in [6.45, 7) is 3.32. The number of piperidine rings is 3. The molecule has 0 aliphatic carbocycles. The van der Waals surface area contributed by atoms with E-state index in [2.05, 4.69) is 14.9 Å². The van der Waals surface area contributed by atoms with Crippen molar-refractivity contribution in [2.24, 2.45) is 0 Å². The third-order valence-corrected chi connectivity index (χ3v) is 4.73. The Morgan fingerprint density at radius 3 is 2.63 bits per heavy atom. The van der Waals surface area contributed by atoms with Crippen molar-refractivity contribution in [3.8, 4) is 0 Å². The van der Waals surface area contributed by atoms with E-state index in [1.807, 2.05) is 10.8 Å². The fourth-order valence-corrected chi connectivity index (χ4v) is 3.50. The molecule has 0 atom stereocenters. The van der Waals surface area contributed by atoms with Gasteiger partial charge in [-0.1, -0.05) is 0 Å². The van der Waals surface area contributed by atoms with Crippen molar-refractivity contribution in [3.63, 3.8) is 0 Å². The van der Waals surface area contributed by atoms with Gasteiger partial charge in [-0.2, -0.15) is 0 Å². The van der Waals surface area contributed by atoms with Gasteiger partial charge in [-0.25, -0.2) is 9.97 Å². The lowest BCUT2D eigenvalue weighted by atomic mass is 9.79. The molecule has 2 aromatic rings. The number of nitrogens with zero attached hydrogens (tertiary/aromatic N) is 4. The third kappa shape index (κ3) is 1.61. The Hall–Kier alpha value is -1.75. The minimum Gasteiger partial charge on any atom is -0.308 e. The van der Waals surface area contributed by atoms with Crippen LogP contribution in [0.1, 0.15) is 19.3 Å². The predicted molar refractivity (Wildman–Crippen MR) is 72.1 cm³/mol. The molecule has 0 unspecified atom stereocenters. The Balaban J connectivity index is 1.90. The highest BCUT2D eigenvalue weighted by molar-refractivity contribution is 5.75. The highest BCUT2D eigenvalue weighted by Crippen LogP contribution is 2.37. The topological polar surface area (TPSA) is 51.0 Å². The molecule has 0 saturated carbocycles. The van der Waals surface area contributed by atoms with Gasteiger partial charge in [-0.05, 0) is 19.3 Å². The Labute approximate surface area is 110 Å². The normalized spacial score (nSPS) is 29.8. The summed E-state index contributed by atoms with van der Waals surface area (Å²) in [6, 6.07) is 1.65. The molecule has 0 N–H and O–H groups in total. The molecule has 2 aromatic heterocycles. The molecule has 3 saturated heterocycles. The number of aromatic nitrogens is 3. The van der Waals surface area contributed by atoms with E-state index in [0.29, 0.717) is 0 Å². The molecular formula is C14H16N4O. The van der Waals surface area contributed by atoms with Crippen LogP contribution in [0.3, 0.4) is 0 Å². The third-order valence-electron chi connectivity index (χ3n) is 4.73. The average molecular weight is 256 g/mol. The number of hydrogen-bond acceptors (Lipinski definition) is 4. The lowest BCUT2D eigenvalue weighted by molar-refractivity contribution is 0.0329. The zero-order valence-corrected chi connectivity index (χ0v) is 10.7. The van der Waals surface area contributed by atoms with Gasteiger partial charge in [0.25, 0.3) is 5.56 Å². The largest absolute Gasteiger partial charge is 0.308 e. The zero-order valence-electron chi connectivity index (χ0n) is 10.7. The molecular weight excluding hydrogens is 240 g/mol. The first kappa shape index (κ1) is 11.1. The summed E-state index contributed by atoms with van der Waals surface area (Å²) in [5.74, 6) is 0. The van der Waals surface area contributed by atoms with Crippen LogP contribution in [0.5, 0.6) is 0 Å². The molecule has 3 fully saturated rings. The second-order valence-corrected chi connectivity index (χ2v) is 5.66. The first-order chi connectivity index (χ1) is 9.27. The summed E-state index contributed by atoms with van der Waals surface area (Å²) >= 11 is 0. The van der Waals surface area contributed by atoms with Crippen LogP contribution in [0.25, 0.3) is 10.9 Å². The second-order valence-electron chi connectivity index (χ2n) is 5.66. The van der Waals surface area contributed by atoms with E-state index in [1.54, 1.807) is 12.3 Å². The van der Waals surface area contributed by atoms with E-state index in [0.717, 1.165) is 49.8 Å². The molecule has 3 aliphatic heterocycles. The zero-order chi connectivity index (χ0) is 12.9. The van der Waals surface area contributed by atoms with Crippen molar-refractivity contribution in [2.75, 3.05) is 19.6 Å². The van der Waals surface area contributed by atoms with Crippen LogP contribution in [0, 0.1) is 0 Å². The first-order valence-electron chi connectivity index (χ1n) is 6.82. The maximum absolute atomic E-state index is 12.4. The van der Waals surface area contributed by atoms with E-state index < -0.39 is 0 Å². The first-order valence-corrected chi connectivity index (χ1v) is 6.82. The molecule has 3 aliphatic rings. The summed E-state index contributed by atoms with van der Waals surface area (Å²) < 4.78 is 1.95. The van der Waals surface area contributed by atoms with Gasteiger partial charge in [0.2, 0.25) is 0 Å². The van der Waals surface area contributed by atoms with Gasteiger partial charge in [0.05, 0.1) is 11.1 Å². The van der Waals surface area contributed by atoms with Gasteiger partial charge in [-0.15, -0.1) is 0 Å². The Bertz CT molecular complexity index is 671. The van der Waals surface area contributed by atoms with Crippen LogP contribution in [0.2, 0.25) is 0 Å². The van der Waals surface area contributed by atoms with E-state index >= 15 is 0 Å². The maximum Gasteiger partial charge on any atom is 0.253 e. The molecule has 0 spiro atoms. The van der Waals surface area contributed by atoms with Crippen molar-refractivity contribution in [1.29, 1.82) is 0 Å². The smallest absolute Gasteiger partial charge is 0.253 e. The van der Waals surface area contributed by atoms with Gasteiger partial charge >= 0.3 is 0 Å². The van der Waals surface area contributed by atoms with Crippen LogP contribution in [-0.2, 0) is 5.54 Å². The summed E-state index contributed by atoms with van der Waals surface area (Å²) in [5, 5.41) is 0.949. The van der Waals surface area contributed by atoms with Crippen molar-refractivity contribution in [1.82, 2.24) is 19.4 Å². The summed E-state index contributed by atoms with van der Waals surface area (Å²) in [5.41, 5.74) is 0.831. The summed E-state index contributed by atoms with van der Waals surface area (Å²) in [4.78, 5) is 23.1. The van der Waals surface area contributed by atoms with E-state index in [9.17, 15) is 4.79 Å². The number of pyridine rings is 1. The van der Waals surface area contributed by atoms with Crippen LogP contribution in [-0.4, -0.2) is 39.1 Å². The molecule has 5 rings (SSSR count). The second kappa shape index (κ2) is 3.87. The van der Waals surface area contributed by atoms with Crippen LogP contribution in [0.4, 0.5) is 0 Å². The monoisotopic (exact) mass is 256 g/mol. The Kier molecular flexibility index (Phi) is 2.26. The lowest BCUT2D eigenvalue weighted by Crippen LogP contribution is -2.55. The van der Waals surface area contributed by atoms with Crippen LogP contribution in [0.15, 0.2) is 29.6 Å². The van der Waals surface area contributed by atoms with Crippen molar-refractivity contribution in [3.05, 3.63) is 35.1 Å². The van der Waals surface area contributed by atoms with E-state index in [4.69, 9.17) is 0 Å². The van der Waals surface area contributed by atoms with Crippen LogP contribution < -0.4 is 5.56 Å². The van der Waals surface area contributed by atoms with Crippen molar-refractivity contribution >= 4 is 10.9 Å². The minimum atomic E-state index is 0.0237. The lowest BCUT2D eigenvalue weighted by Gasteiger charge is -2.49. The van der Waals surface area contributed by atoms with Gasteiger partial charge in [0, 0.05) is 43.5 Å². The fourth-order valence-electron chi connectivity index (χ4n) is 3.50. The molecule has 0 aromatic carbocycles. The quantitative estimate of drug-likeness (QED) is 0.763. The van der Waals surface area contributed by atoms with Crippen molar-refractivity contribution in [2.45, 2.75) is 24.8 Å². The number of hydrogen-bond donors (Lipinski definition) is 0. The molecule has 0 amide bonds. The highest BCUT2D eigenvalue weighted by Gasteiger charge is 2.41. The Morgan fingerprint density at radius 2 is 1.89 bits per heavy atom. The molecule has 0 radical (unpaired) electrons. The standard InChI is InChI=1S/C14H16N4O/c19-13-7-12-11(8-15-10-16-12)9-18(13)14-1-4-17(5-2-14)6-3-14/h7-10H,1-6H2. The molecule has 98 valence electrons. The van der Waals surface area contributed by atoms with Gasteiger partial charge in [-0.3, -0.25) is 4.79 Å². The summed E-state index contributed by atoms with van der Waals surface area (Å²) in [6.07, 6.45) is 8.46. The Morgan fingerprint density at radius 1 is 1.16 bits per heavy atom. The number of rotatable bonds is 1. The van der Waals surface area contributed by atoms with Gasteiger partial charge in [0.15, 0.2) is 0 Å². The average Bonchev–Trinajstić information content (AvgIpc) is 2.48. The van der Waals surface area contributed by atoms with Gasteiger partial charge < -0.3 is 9.47 Å². The van der Waals surface area contributed by atoms with Crippen LogP contribution >= 0.6 is 0 Å². The SMILES string of the molecule is O=c1cc2ncncc2cn1C12CCN(CC1)CC2.